The Morgan fingerprint density at radius 3 is 2.64 bits per heavy atom. The van der Waals surface area contributed by atoms with Crippen LogP contribution in [0.15, 0.2) is 4.99 Å². The monoisotopic (exact) mass is 350 g/mol. The number of methoxy groups -OCH3 is 1. The van der Waals surface area contributed by atoms with Crippen LogP contribution in [0.4, 0.5) is 0 Å². The Hall–Kier alpha value is -1.63. The van der Waals surface area contributed by atoms with Crippen LogP contribution in [0.5, 0.6) is 0 Å². The Morgan fingerprint density at radius 1 is 1.32 bits per heavy atom. The summed E-state index contributed by atoms with van der Waals surface area (Å²) in [6, 6.07) is 0.489. The molecule has 7 heteroatoms. The van der Waals surface area contributed by atoms with Gasteiger partial charge in [0.1, 0.15) is 12.4 Å². The zero-order valence-corrected chi connectivity index (χ0v) is 16.4. The molecule has 0 unspecified atom stereocenters. The molecule has 0 amide bonds. The molecule has 0 aliphatic heterocycles. The van der Waals surface area contributed by atoms with Gasteiger partial charge < -0.3 is 19.9 Å². The predicted molar refractivity (Wildman–Crippen MR) is 101 cm³/mol. The molecule has 0 atom stereocenters. The number of aromatic nitrogens is 3. The van der Waals surface area contributed by atoms with Gasteiger partial charge in [-0.25, -0.2) is 4.99 Å². The van der Waals surface area contributed by atoms with Crippen LogP contribution in [-0.2, 0) is 18.3 Å². The maximum absolute atomic E-state index is 5.12. The van der Waals surface area contributed by atoms with Crippen molar-refractivity contribution in [1.29, 1.82) is 0 Å². The minimum absolute atomic E-state index is 0.470. The van der Waals surface area contributed by atoms with Crippen LogP contribution < -0.4 is 10.6 Å². The highest BCUT2D eigenvalue weighted by atomic mass is 16.5. The summed E-state index contributed by atoms with van der Waals surface area (Å²) in [6.45, 7) is 8.78. The lowest BCUT2D eigenvalue weighted by molar-refractivity contribution is 0.195. The molecular weight excluding hydrogens is 316 g/mol. The molecule has 0 spiro atoms. The zero-order valence-electron chi connectivity index (χ0n) is 16.4. The Bertz CT molecular complexity index is 556. The smallest absolute Gasteiger partial charge is 0.191 e. The number of hydrogen-bond donors (Lipinski definition) is 2. The van der Waals surface area contributed by atoms with E-state index in [1.807, 2.05) is 18.5 Å². The van der Waals surface area contributed by atoms with Gasteiger partial charge >= 0.3 is 0 Å². The summed E-state index contributed by atoms with van der Waals surface area (Å²) in [4.78, 5) is 4.73. The van der Waals surface area contributed by atoms with Crippen molar-refractivity contribution in [3.8, 4) is 0 Å². The lowest BCUT2D eigenvalue weighted by atomic mass is 9.75. The van der Waals surface area contributed by atoms with Crippen molar-refractivity contribution >= 4 is 5.96 Å². The van der Waals surface area contributed by atoms with E-state index in [1.165, 1.54) is 25.7 Å². The van der Waals surface area contributed by atoms with E-state index < -0.39 is 0 Å². The van der Waals surface area contributed by atoms with Crippen molar-refractivity contribution in [3.63, 3.8) is 0 Å². The highest BCUT2D eigenvalue weighted by molar-refractivity contribution is 5.80. The van der Waals surface area contributed by atoms with Gasteiger partial charge in [0.15, 0.2) is 11.8 Å². The average Bonchev–Trinajstić information content (AvgIpc) is 2.90. The largest absolute Gasteiger partial charge is 0.385 e. The van der Waals surface area contributed by atoms with Crippen molar-refractivity contribution in [2.45, 2.75) is 65.5 Å². The van der Waals surface area contributed by atoms with E-state index in [0.29, 0.717) is 18.0 Å². The van der Waals surface area contributed by atoms with Gasteiger partial charge in [0.05, 0.1) is 0 Å². The molecule has 1 fully saturated rings. The number of hydrogen-bond acceptors (Lipinski definition) is 4. The van der Waals surface area contributed by atoms with Gasteiger partial charge in [-0.2, -0.15) is 0 Å². The van der Waals surface area contributed by atoms with Crippen molar-refractivity contribution in [2.75, 3.05) is 20.3 Å². The molecule has 25 heavy (non-hydrogen) atoms. The first kappa shape index (κ1) is 19.7. The molecule has 1 aromatic heterocycles. The van der Waals surface area contributed by atoms with Gasteiger partial charge in [-0.15, -0.1) is 10.2 Å². The quantitative estimate of drug-likeness (QED) is 0.448. The van der Waals surface area contributed by atoms with Gasteiger partial charge in [-0.1, -0.05) is 13.8 Å². The topological polar surface area (TPSA) is 76.4 Å². The van der Waals surface area contributed by atoms with Gasteiger partial charge in [0, 0.05) is 33.4 Å². The van der Waals surface area contributed by atoms with E-state index in [9.17, 15) is 0 Å². The van der Waals surface area contributed by atoms with Crippen molar-refractivity contribution in [3.05, 3.63) is 11.6 Å². The molecule has 7 nitrogen and oxygen atoms in total. The summed E-state index contributed by atoms with van der Waals surface area (Å²) in [5.41, 5.74) is 0.470. The van der Waals surface area contributed by atoms with Crippen LogP contribution in [0.1, 0.15) is 57.6 Å². The van der Waals surface area contributed by atoms with Crippen LogP contribution in [0.2, 0.25) is 0 Å². The number of nitrogens with zero attached hydrogens (tertiary/aromatic N) is 4. The highest BCUT2D eigenvalue weighted by Gasteiger charge is 2.27. The molecule has 1 aliphatic carbocycles. The lowest BCUT2D eigenvalue weighted by Crippen LogP contribution is -2.46. The average molecular weight is 351 g/mol. The summed E-state index contributed by atoms with van der Waals surface area (Å²) in [5, 5.41) is 15.3. The van der Waals surface area contributed by atoms with Gasteiger partial charge in [-0.3, -0.25) is 0 Å². The van der Waals surface area contributed by atoms with Crippen LogP contribution >= 0.6 is 0 Å². The lowest BCUT2D eigenvalue weighted by Gasteiger charge is -2.35. The minimum Gasteiger partial charge on any atom is -0.385 e. The molecule has 2 N–H and O–H groups in total. The molecule has 1 aromatic rings. The fraction of sp³-hybridized carbons (Fsp3) is 0.833. The summed E-state index contributed by atoms with van der Waals surface area (Å²) >= 11 is 0. The third-order valence-corrected chi connectivity index (χ3v) is 5.06. The zero-order chi connectivity index (χ0) is 18.3. The number of rotatable bonds is 7. The second-order valence-electron chi connectivity index (χ2n) is 7.74. The van der Waals surface area contributed by atoms with E-state index in [4.69, 9.17) is 9.73 Å². The summed E-state index contributed by atoms with van der Waals surface area (Å²) in [7, 11) is 3.70. The van der Waals surface area contributed by atoms with Gasteiger partial charge in [0.2, 0.25) is 0 Å². The predicted octanol–water partition coefficient (Wildman–Crippen LogP) is 2.16. The van der Waals surface area contributed by atoms with E-state index in [-0.39, 0.29) is 0 Å². The Balaban J connectivity index is 1.94. The standard InChI is InChI=1S/C18H34N6O/c1-14-22-23-16(24(14)4)13-20-17(19-11-6-12-25-5)21-15-7-9-18(2,3)10-8-15/h15H,6-13H2,1-5H3,(H2,19,20,21). The fourth-order valence-electron chi connectivity index (χ4n) is 3.05. The van der Waals surface area contributed by atoms with E-state index in [1.54, 1.807) is 7.11 Å². The first-order valence-corrected chi connectivity index (χ1v) is 9.30. The maximum atomic E-state index is 5.12. The molecule has 0 aromatic carbocycles. The van der Waals surface area contributed by atoms with Crippen LogP contribution in [-0.4, -0.2) is 47.0 Å². The molecular formula is C18H34N6O. The van der Waals surface area contributed by atoms with E-state index in [0.717, 1.165) is 37.2 Å². The molecule has 0 radical (unpaired) electrons. The Kier molecular flexibility index (Phi) is 7.23. The number of aryl methyl sites for hydroxylation is 1. The van der Waals surface area contributed by atoms with E-state index in [2.05, 4.69) is 34.7 Å². The maximum Gasteiger partial charge on any atom is 0.191 e. The number of aliphatic imine (C=N–C) groups is 1. The number of nitrogens with one attached hydrogen (secondary N) is 2. The molecule has 1 heterocycles. The van der Waals surface area contributed by atoms with Gasteiger partial charge in [-0.05, 0) is 44.4 Å². The highest BCUT2D eigenvalue weighted by Crippen LogP contribution is 2.34. The molecule has 142 valence electrons. The Morgan fingerprint density at radius 2 is 2.04 bits per heavy atom. The molecule has 2 rings (SSSR count). The SMILES string of the molecule is COCCCNC(=NCc1nnc(C)n1C)NC1CCC(C)(C)CC1. The van der Waals surface area contributed by atoms with Crippen molar-refractivity contribution < 1.29 is 4.74 Å². The first-order chi connectivity index (χ1) is 11.9. The third-order valence-electron chi connectivity index (χ3n) is 5.06. The second kappa shape index (κ2) is 9.17. The van der Waals surface area contributed by atoms with Crippen LogP contribution in [0.25, 0.3) is 0 Å². The normalized spacial score (nSPS) is 18.4. The molecule has 1 saturated carbocycles. The number of ether oxygens (including phenoxy) is 1. The van der Waals surface area contributed by atoms with Crippen LogP contribution in [0, 0.1) is 12.3 Å². The molecule has 0 bridgehead atoms. The summed E-state index contributed by atoms with van der Waals surface area (Å²) in [6.07, 6.45) is 5.84. The van der Waals surface area contributed by atoms with Crippen LogP contribution in [0.3, 0.4) is 0 Å². The summed E-state index contributed by atoms with van der Waals surface area (Å²) in [5.74, 6) is 2.64. The minimum atomic E-state index is 0.470. The fourth-order valence-corrected chi connectivity index (χ4v) is 3.05. The second-order valence-corrected chi connectivity index (χ2v) is 7.74. The van der Waals surface area contributed by atoms with Gasteiger partial charge in [0.25, 0.3) is 0 Å². The molecule has 1 aliphatic rings. The first-order valence-electron chi connectivity index (χ1n) is 9.30. The van der Waals surface area contributed by atoms with Crippen molar-refractivity contribution in [2.24, 2.45) is 17.5 Å². The Labute approximate surface area is 151 Å². The van der Waals surface area contributed by atoms with Crippen molar-refractivity contribution in [1.82, 2.24) is 25.4 Å². The number of guanidine groups is 1. The third kappa shape index (κ3) is 6.30. The van der Waals surface area contributed by atoms with E-state index >= 15 is 0 Å². The molecule has 0 saturated heterocycles. The summed E-state index contributed by atoms with van der Waals surface area (Å²) < 4.78 is 7.10.